The number of rotatable bonds is 10. The fourth-order valence-corrected chi connectivity index (χ4v) is 4.99. The first kappa shape index (κ1) is 25.1. The van der Waals surface area contributed by atoms with Crippen LogP contribution in [0, 0.1) is 6.92 Å². The molecular formula is C23H25N5O7S. The lowest BCUT2D eigenvalue weighted by Crippen LogP contribution is -2.19. The summed E-state index contributed by atoms with van der Waals surface area (Å²) < 4.78 is 49.0. The van der Waals surface area contributed by atoms with Gasteiger partial charge in [-0.05, 0) is 25.1 Å². The van der Waals surface area contributed by atoms with E-state index in [1.165, 1.54) is 32.0 Å². The van der Waals surface area contributed by atoms with Gasteiger partial charge in [-0.2, -0.15) is 0 Å². The number of methoxy groups -OCH3 is 3. The molecule has 3 aromatic heterocycles. The average molecular weight is 516 g/mol. The molecule has 12 nitrogen and oxygen atoms in total. The molecule has 4 rings (SSSR count). The Bertz CT molecular complexity index is 1440. The van der Waals surface area contributed by atoms with Crippen LogP contribution in [0.3, 0.4) is 0 Å². The molecule has 13 heteroatoms. The van der Waals surface area contributed by atoms with Gasteiger partial charge in [-0.25, -0.2) is 13.4 Å². The quantitative estimate of drug-likeness (QED) is 0.331. The Balaban J connectivity index is 1.82. The average Bonchev–Trinajstić information content (AvgIpc) is 3.49. The van der Waals surface area contributed by atoms with Gasteiger partial charge >= 0.3 is 0 Å². The van der Waals surface area contributed by atoms with Gasteiger partial charge in [0.25, 0.3) is 0 Å². The molecule has 1 N–H and O–H groups in total. The Hall–Kier alpha value is -3.97. The third-order valence-electron chi connectivity index (χ3n) is 5.27. The van der Waals surface area contributed by atoms with E-state index in [0.717, 1.165) is 0 Å². The third kappa shape index (κ3) is 5.16. The fraction of sp³-hybridized carbons (Fsp3) is 0.304. The second-order valence-electron chi connectivity index (χ2n) is 7.78. The van der Waals surface area contributed by atoms with Gasteiger partial charge in [0.2, 0.25) is 5.88 Å². The maximum Gasteiger partial charge on any atom is 0.213 e. The summed E-state index contributed by atoms with van der Waals surface area (Å²) in [6, 6.07) is 11.7. The van der Waals surface area contributed by atoms with Gasteiger partial charge in [0.15, 0.2) is 21.5 Å². The normalized spacial score (nSPS) is 12.4. The minimum absolute atomic E-state index is 0.0703. The van der Waals surface area contributed by atoms with E-state index in [1.54, 1.807) is 43.3 Å². The van der Waals surface area contributed by atoms with Gasteiger partial charge in [-0.1, -0.05) is 17.3 Å². The van der Waals surface area contributed by atoms with Crippen molar-refractivity contribution in [2.45, 2.75) is 18.8 Å². The highest BCUT2D eigenvalue weighted by Crippen LogP contribution is 2.36. The van der Waals surface area contributed by atoms with E-state index >= 15 is 0 Å². The largest absolute Gasteiger partial charge is 0.494 e. The van der Waals surface area contributed by atoms with Crippen molar-refractivity contribution >= 4 is 9.84 Å². The zero-order valence-corrected chi connectivity index (χ0v) is 20.9. The molecule has 1 aromatic carbocycles. The Kier molecular flexibility index (Phi) is 7.22. The molecule has 0 aliphatic rings. The van der Waals surface area contributed by atoms with Crippen LogP contribution in [0.15, 0.2) is 47.0 Å². The molecule has 0 aliphatic heterocycles. The Labute approximate surface area is 207 Å². The lowest BCUT2D eigenvalue weighted by molar-refractivity contribution is 0.190. The van der Waals surface area contributed by atoms with Gasteiger partial charge in [0, 0.05) is 12.1 Å². The SMILES string of the molecule is COc1cccc(-c2nnc(CS(=O)(=O)C[C@@H](O)c3cc(C)on3)n2-c2c(OC)cccc2OC)n1. The van der Waals surface area contributed by atoms with E-state index in [-0.39, 0.29) is 17.3 Å². The molecule has 0 unspecified atom stereocenters. The molecule has 4 aromatic rings. The van der Waals surface area contributed by atoms with Gasteiger partial charge in [-0.15, -0.1) is 10.2 Å². The maximum atomic E-state index is 13.1. The summed E-state index contributed by atoms with van der Waals surface area (Å²) in [5.41, 5.74) is 0.909. The first-order chi connectivity index (χ1) is 17.3. The second kappa shape index (κ2) is 10.3. The van der Waals surface area contributed by atoms with Crippen molar-refractivity contribution in [3.8, 4) is 34.6 Å². The highest BCUT2D eigenvalue weighted by molar-refractivity contribution is 7.90. The van der Waals surface area contributed by atoms with Crippen LogP contribution < -0.4 is 14.2 Å². The number of ether oxygens (including phenoxy) is 3. The fourth-order valence-electron chi connectivity index (χ4n) is 3.64. The molecule has 0 spiro atoms. The minimum atomic E-state index is -3.91. The van der Waals surface area contributed by atoms with Gasteiger partial charge in [0.05, 0.1) is 27.1 Å². The third-order valence-corrected chi connectivity index (χ3v) is 6.79. The van der Waals surface area contributed by atoms with Crippen molar-refractivity contribution in [3.05, 3.63) is 59.7 Å². The highest BCUT2D eigenvalue weighted by Gasteiger charge is 2.28. The van der Waals surface area contributed by atoms with Crippen molar-refractivity contribution in [3.63, 3.8) is 0 Å². The summed E-state index contributed by atoms with van der Waals surface area (Å²) >= 11 is 0. The number of nitrogens with zero attached hydrogens (tertiary/aromatic N) is 5. The maximum absolute atomic E-state index is 13.1. The number of aliphatic hydroxyl groups is 1. The van der Waals surface area contributed by atoms with Crippen LogP contribution in [-0.2, 0) is 15.6 Å². The van der Waals surface area contributed by atoms with Crippen LogP contribution in [0.4, 0.5) is 0 Å². The van der Waals surface area contributed by atoms with Crippen LogP contribution >= 0.6 is 0 Å². The molecule has 0 saturated heterocycles. The van der Waals surface area contributed by atoms with E-state index in [0.29, 0.717) is 34.5 Å². The van der Waals surface area contributed by atoms with E-state index in [4.69, 9.17) is 18.7 Å². The van der Waals surface area contributed by atoms with E-state index < -0.39 is 27.4 Å². The summed E-state index contributed by atoms with van der Waals surface area (Å²) in [4.78, 5) is 4.42. The predicted octanol–water partition coefficient (Wildman–Crippen LogP) is 2.30. The molecule has 0 fully saturated rings. The topological polar surface area (TPSA) is 152 Å². The Morgan fingerprint density at radius 3 is 2.33 bits per heavy atom. The molecule has 190 valence electrons. The van der Waals surface area contributed by atoms with Crippen molar-refractivity contribution < 1.29 is 32.3 Å². The molecule has 0 bridgehead atoms. The van der Waals surface area contributed by atoms with Gasteiger partial charge in [-0.3, -0.25) is 4.57 Å². The number of pyridine rings is 1. The van der Waals surface area contributed by atoms with Crippen LogP contribution in [0.2, 0.25) is 0 Å². The lowest BCUT2D eigenvalue weighted by Gasteiger charge is -2.17. The molecule has 0 saturated carbocycles. The van der Waals surface area contributed by atoms with Crippen molar-refractivity contribution in [2.75, 3.05) is 27.1 Å². The van der Waals surface area contributed by atoms with Crippen molar-refractivity contribution in [1.82, 2.24) is 24.9 Å². The van der Waals surface area contributed by atoms with Crippen molar-refractivity contribution in [1.29, 1.82) is 0 Å². The van der Waals surface area contributed by atoms with E-state index in [9.17, 15) is 13.5 Å². The number of aliphatic hydroxyl groups excluding tert-OH is 1. The molecule has 36 heavy (non-hydrogen) atoms. The summed E-state index contributed by atoms with van der Waals surface area (Å²) in [7, 11) is 0.550. The number of para-hydroxylation sites is 1. The standard InChI is InChI=1S/C23H25N5O7S/c1-14-11-16(27-35-14)17(29)12-36(30,31)13-20-25-26-23(15-7-5-10-21(24-15)34-4)28(20)22-18(32-2)8-6-9-19(22)33-3/h5-11,17,29H,12-13H2,1-4H3/t17-/m1/s1. The first-order valence-corrected chi connectivity index (χ1v) is 12.6. The minimum Gasteiger partial charge on any atom is -0.494 e. The molecule has 0 radical (unpaired) electrons. The zero-order valence-electron chi connectivity index (χ0n) is 20.1. The lowest BCUT2D eigenvalue weighted by atomic mass is 10.2. The van der Waals surface area contributed by atoms with Gasteiger partial charge in [0.1, 0.15) is 46.2 Å². The smallest absolute Gasteiger partial charge is 0.213 e. The van der Waals surface area contributed by atoms with E-state index in [1.807, 2.05) is 0 Å². The molecular weight excluding hydrogens is 490 g/mol. The number of aromatic nitrogens is 5. The highest BCUT2D eigenvalue weighted by atomic mass is 32.2. The number of hydrogen-bond donors (Lipinski definition) is 1. The summed E-state index contributed by atoms with van der Waals surface area (Å²) in [6.07, 6.45) is -1.37. The summed E-state index contributed by atoms with van der Waals surface area (Å²) in [6.45, 7) is 1.65. The predicted molar refractivity (Wildman–Crippen MR) is 128 cm³/mol. The Morgan fingerprint density at radius 1 is 1.03 bits per heavy atom. The van der Waals surface area contributed by atoms with Crippen LogP contribution in [0.1, 0.15) is 23.4 Å². The number of aryl methyl sites for hydroxylation is 1. The Morgan fingerprint density at radius 2 is 1.72 bits per heavy atom. The number of benzene rings is 1. The van der Waals surface area contributed by atoms with E-state index in [2.05, 4.69) is 20.3 Å². The second-order valence-corrected chi connectivity index (χ2v) is 9.89. The molecule has 0 amide bonds. The van der Waals surface area contributed by atoms with Crippen LogP contribution in [0.25, 0.3) is 17.2 Å². The zero-order chi connectivity index (χ0) is 25.9. The van der Waals surface area contributed by atoms with Gasteiger partial charge < -0.3 is 23.8 Å². The van der Waals surface area contributed by atoms with Crippen LogP contribution in [-0.4, -0.2) is 65.5 Å². The molecule has 1 atom stereocenters. The van der Waals surface area contributed by atoms with Crippen LogP contribution in [0.5, 0.6) is 17.4 Å². The van der Waals surface area contributed by atoms with Crippen molar-refractivity contribution in [2.24, 2.45) is 0 Å². The summed E-state index contributed by atoms with van der Waals surface area (Å²) in [5.74, 6) is 0.774. The molecule has 3 heterocycles. The summed E-state index contributed by atoms with van der Waals surface area (Å²) in [5, 5.41) is 22.5. The number of sulfone groups is 1. The number of hydrogen-bond acceptors (Lipinski definition) is 11. The monoisotopic (exact) mass is 515 g/mol. The first-order valence-electron chi connectivity index (χ1n) is 10.7. The molecule has 0 aliphatic carbocycles.